The molecule has 210 valence electrons. The van der Waals surface area contributed by atoms with Crippen LogP contribution in [0, 0.1) is 22.7 Å². The molecule has 6 aromatic carbocycles. The fourth-order valence-electron chi connectivity index (χ4n) is 7.76. The first-order chi connectivity index (χ1) is 22.0. The summed E-state index contributed by atoms with van der Waals surface area (Å²) in [4.78, 5) is 0. The van der Waals surface area contributed by atoms with Gasteiger partial charge in [-0.05, 0) is 64.7 Å². The topological polar surface area (TPSA) is 57.4 Å². The average molecular weight is 575 g/mol. The highest BCUT2D eigenvalue weighted by Crippen LogP contribution is 2.51. The molecule has 0 unspecified atom stereocenters. The fourth-order valence-corrected chi connectivity index (χ4v) is 7.76. The Bertz CT molecular complexity index is 2600. The second-order valence-electron chi connectivity index (χ2n) is 12.4. The van der Waals surface area contributed by atoms with Crippen molar-refractivity contribution in [2.24, 2.45) is 0 Å². The normalized spacial score (nSPS) is 13.2. The SMILES string of the molecule is CC1(C)c2ccccc2-c2cc3c4ccccc4n(-c4cc(C#N)cc(C#N)c4-n4c5ccccc5c5ccccc54)c3cc21. The number of fused-ring (bicyclic) bond motifs is 9. The molecule has 2 aromatic heterocycles. The molecule has 8 aromatic rings. The van der Waals surface area contributed by atoms with Crippen molar-refractivity contribution >= 4 is 43.6 Å². The van der Waals surface area contributed by atoms with Gasteiger partial charge in [0.2, 0.25) is 0 Å². The third-order valence-corrected chi connectivity index (χ3v) is 9.76. The Hall–Kier alpha value is -6.10. The van der Waals surface area contributed by atoms with E-state index in [0.29, 0.717) is 11.1 Å². The Kier molecular flexibility index (Phi) is 5.06. The summed E-state index contributed by atoms with van der Waals surface area (Å²) in [6, 6.07) is 47.0. The summed E-state index contributed by atoms with van der Waals surface area (Å²) < 4.78 is 4.47. The Morgan fingerprint density at radius 2 is 1.09 bits per heavy atom. The van der Waals surface area contributed by atoms with Crippen LogP contribution in [0.15, 0.2) is 121 Å². The molecular weight excluding hydrogens is 548 g/mol. The number of benzene rings is 6. The molecule has 0 amide bonds. The zero-order valence-electron chi connectivity index (χ0n) is 24.8. The van der Waals surface area contributed by atoms with E-state index in [1.165, 1.54) is 22.3 Å². The van der Waals surface area contributed by atoms with E-state index in [4.69, 9.17) is 0 Å². The van der Waals surface area contributed by atoms with Crippen LogP contribution in [0.4, 0.5) is 0 Å². The maximum atomic E-state index is 10.6. The van der Waals surface area contributed by atoms with Crippen LogP contribution in [0.25, 0.3) is 66.1 Å². The highest BCUT2D eigenvalue weighted by atomic mass is 15.1. The van der Waals surface area contributed by atoms with Crippen molar-refractivity contribution < 1.29 is 0 Å². The summed E-state index contributed by atoms with van der Waals surface area (Å²) in [6.45, 7) is 4.59. The Morgan fingerprint density at radius 1 is 0.511 bits per heavy atom. The maximum absolute atomic E-state index is 10.6. The molecule has 45 heavy (non-hydrogen) atoms. The first-order valence-electron chi connectivity index (χ1n) is 15.2. The Labute approximate surface area is 260 Å². The molecule has 9 rings (SSSR count). The molecule has 0 saturated heterocycles. The molecule has 0 bridgehead atoms. The third kappa shape index (κ3) is 3.29. The van der Waals surface area contributed by atoms with Gasteiger partial charge in [0.15, 0.2) is 0 Å². The molecule has 0 saturated carbocycles. The maximum Gasteiger partial charge on any atom is 0.101 e. The lowest BCUT2D eigenvalue weighted by Crippen LogP contribution is -2.15. The van der Waals surface area contributed by atoms with Gasteiger partial charge in [0.1, 0.15) is 6.07 Å². The quantitative estimate of drug-likeness (QED) is 0.206. The van der Waals surface area contributed by atoms with Crippen LogP contribution in [0.3, 0.4) is 0 Å². The molecule has 0 spiro atoms. The fraction of sp³-hybridized carbons (Fsp3) is 0.0732. The van der Waals surface area contributed by atoms with Gasteiger partial charge in [-0.25, -0.2) is 0 Å². The molecule has 4 nitrogen and oxygen atoms in total. The van der Waals surface area contributed by atoms with E-state index < -0.39 is 0 Å². The molecule has 2 heterocycles. The van der Waals surface area contributed by atoms with Gasteiger partial charge in [0.25, 0.3) is 0 Å². The van der Waals surface area contributed by atoms with Crippen molar-refractivity contribution in [3.05, 3.63) is 144 Å². The van der Waals surface area contributed by atoms with Gasteiger partial charge in [-0.2, -0.15) is 10.5 Å². The van der Waals surface area contributed by atoms with Crippen molar-refractivity contribution in [1.82, 2.24) is 9.13 Å². The zero-order valence-corrected chi connectivity index (χ0v) is 24.8. The van der Waals surface area contributed by atoms with Crippen molar-refractivity contribution in [3.63, 3.8) is 0 Å². The number of hydrogen-bond donors (Lipinski definition) is 0. The molecule has 0 aliphatic heterocycles. The zero-order chi connectivity index (χ0) is 30.4. The standard InChI is InChI=1S/C41H26N4/c1-41(2)33-15-7-3-11-27(33)31-21-32-30-14-6-8-16-35(30)44(38(32)22-34(31)41)39-20-25(23-42)19-26(24-43)40(39)45-36-17-9-4-12-28(36)29-13-5-10-18-37(29)45/h3-22H,1-2H3. The molecule has 4 heteroatoms. The summed E-state index contributed by atoms with van der Waals surface area (Å²) in [5.74, 6) is 0. The van der Waals surface area contributed by atoms with Gasteiger partial charge in [-0.1, -0.05) is 92.7 Å². The van der Waals surface area contributed by atoms with Crippen LogP contribution < -0.4 is 0 Å². The lowest BCUT2D eigenvalue weighted by atomic mass is 9.82. The molecule has 1 aliphatic carbocycles. The molecule has 0 fully saturated rings. The monoisotopic (exact) mass is 574 g/mol. The Balaban J connectivity index is 1.48. The van der Waals surface area contributed by atoms with Gasteiger partial charge in [0, 0.05) is 27.0 Å². The summed E-state index contributed by atoms with van der Waals surface area (Å²) in [5, 5.41) is 25.3. The van der Waals surface area contributed by atoms with Crippen LogP contribution in [-0.4, -0.2) is 9.13 Å². The van der Waals surface area contributed by atoms with Crippen molar-refractivity contribution in [2.75, 3.05) is 0 Å². The molecular formula is C41H26N4. The van der Waals surface area contributed by atoms with E-state index in [2.05, 4.69) is 132 Å². The van der Waals surface area contributed by atoms with E-state index in [1.54, 1.807) is 6.07 Å². The van der Waals surface area contributed by atoms with E-state index in [9.17, 15) is 10.5 Å². The molecule has 1 aliphatic rings. The number of para-hydroxylation sites is 3. The van der Waals surface area contributed by atoms with Gasteiger partial charge in [0.05, 0.1) is 50.6 Å². The number of rotatable bonds is 2. The van der Waals surface area contributed by atoms with E-state index in [-0.39, 0.29) is 5.41 Å². The second kappa shape index (κ2) is 8.96. The van der Waals surface area contributed by atoms with Gasteiger partial charge >= 0.3 is 0 Å². The summed E-state index contributed by atoms with van der Waals surface area (Å²) >= 11 is 0. The number of hydrogen-bond acceptors (Lipinski definition) is 2. The molecule has 0 N–H and O–H groups in total. The van der Waals surface area contributed by atoms with Crippen LogP contribution in [0.2, 0.25) is 0 Å². The van der Waals surface area contributed by atoms with Gasteiger partial charge < -0.3 is 9.13 Å². The van der Waals surface area contributed by atoms with Crippen LogP contribution in [0.1, 0.15) is 36.1 Å². The van der Waals surface area contributed by atoms with Crippen LogP contribution in [0.5, 0.6) is 0 Å². The van der Waals surface area contributed by atoms with E-state index >= 15 is 0 Å². The highest BCUT2D eigenvalue weighted by Gasteiger charge is 2.36. The van der Waals surface area contributed by atoms with Crippen molar-refractivity contribution in [2.45, 2.75) is 19.3 Å². The number of nitrogens with zero attached hydrogens (tertiary/aromatic N) is 4. The van der Waals surface area contributed by atoms with Gasteiger partial charge in [-0.15, -0.1) is 0 Å². The molecule has 0 atom stereocenters. The first-order valence-corrected chi connectivity index (χ1v) is 15.2. The number of aromatic nitrogens is 2. The number of nitriles is 2. The largest absolute Gasteiger partial charge is 0.307 e. The van der Waals surface area contributed by atoms with Gasteiger partial charge in [-0.3, -0.25) is 0 Å². The second-order valence-corrected chi connectivity index (χ2v) is 12.4. The average Bonchev–Trinajstić information content (AvgIpc) is 3.67. The van der Waals surface area contributed by atoms with Crippen molar-refractivity contribution in [1.29, 1.82) is 10.5 Å². The van der Waals surface area contributed by atoms with Crippen LogP contribution >= 0.6 is 0 Å². The third-order valence-electron chi connectivity index (χ3n) is 9.76. The smallest absolute Gasteiger partial charge is 0.101 e. The Morgan fingerprint density at radius 3 is 1.73 bits per heavy atom. The van der Waals surface area contributed by atoms with E-state index in [0.717, 1.165) is 55.0 Å². The summed E-state index contributed by atoms with van der Waals surface area (Å²) in [5.41, 5.74) is 11.5. The predicted octanol–water partition coefficient (Wildman–Crippen LogP) is 9.93. The summed E-state index contributed by atoms with van der Waals surface area (Å²) in [7, 11) is 0. The lowest BCUT2D eigenvalue weighted by molar-refractivity contribution is 0.661. The lowest BCUT2D eigenvalue weighted by Gasteiger charge is -2.22. The van der Waals surface area contributed by atoms with Crippen LogP contribution in [-0.2, 0) is 5.41 Å². The predicted molar refractivity (Wildman–Crippen MR) is 182 cm³/mol. The van der Waals surface area contributed by atoms with E-state index in [1.807, 2.05) is 18.2 Å². The summed E-state index contributed by atoms with van der Waals surface area (Å²) in [6.07, 6.45) is 0. The minimum Gasteiger partial charge on any atom is -0.307 e. The first kappa shape index (κ1) is 25.4. The molecule has 0 radical (unpaired) electrons. The minimum absolute atomic E-state index is 0.177. The van der Waals surface area contributed by atoms with Crippen molar-refractivity contribution in [3.8, 4) is 34.6 Å². The minimum atomic E-state index is -0.177. The highest BCUT2D eigenvalue weighted by molar-refractivity contribution is 6.13.